The van der Waals surface area contributed by atoms with E-state index in [-0.39, 0.29) is 5.41 Å². The molecule has 0 amide bonds. The standard InChI is InChI=1S/C9H13N3/c1-9(2,3)7-12-5-4-8(6-10)11-12/h4-5H,7H2,1-3H3. The van der Waals surface area contributed by atoms with Gasteiger partial charge in [-0.05, 0) is 11.5 Å². The van der Waals surface area contributed by atoms with Gasteiger partial charge >= 0.3 is 0 Å². The zero-order chi connectivity index (χ0) is 9.19. The van der Waals surface area contributed by atoms with Crippen molar-refractivity contribution in [3.8, 4) is 6.07 Å². The van der Waals surface area contributed by atoms with E-state index in [9.17, 15) is 0 Å². The molecule has 0 fully saturated rings. The van der Waals surface area contributed by atoms with Gasteiger partial charge in [0.15, 0.2) is 5.69 Å². The fraction of sp³-hybridized carbons (Fsp3) is 0.556. The van der Waals surface area contributed by atoms with Crippen LogP contribution in [0.3, 0.4) is 0 Å². The highest BCUT2D eigenvalue weighted by Gasteiger charge is 2.11. The second-order valence-electron chi connectivity index (χ2n) is 4.07. The third-order valence-corrected chi connectivity index (χ3v) is 1.39. The molecule has 0 aliphatic carbocycles. The molecule has 12 heavy (non-hydrogen) atoms. The minimum absolute atomic E-state index is 0.207. The van der Waals surface area contributed by atoms with Gasteiger partial charge in [0.25, 0.3) is 0 Å². The van der Waals surface area contributed by atoms with Crippen molar-refractivity contribution < 1.29 is 0 Å². The summed E-state index contributed by atoms with van der Waals surface area (Å²) in [7, 11) is 0. The average molecular weight is 163 g/mol. The van der Waals surface area contributed by atoms with Crippen LogP contribution in [0.15, 0.2) is 12.3 Å². The van der Waals surface area contributed by atoms with Crippen molar-refractivity contribution in [2.45, 2.75) is 27.3 Å². The Hall–Kier alpha value is -1.30. The molecule has 3 heteroatoms. The minimum atomic E-state index is 0.207. The summed E-state index contributed by atoms with van der Waals surface area (Å²) >= 11 is 0. The number of rotatable bonds is 1. The molecule has 1 heterocycles. The monoisotopic (exact) mass is 163 g/mol. The highest BCUT2D eigenvalue weighted by Crippen LogP contribution is 2.15. The van der Waals surface area contributed by atoms with Gasteiger partial charge < -0.3 is 0 Å². The maximum absolute atomic E-state index is 8.52. The van der Waals surface area contributed by atoms with Gasteiger partial charge in [0.1, 0.15) is 6.07 Å². The Labute approximate surface area is 72.6 Å². The maximum atomic E-state index is 8.52. The number of hydrogen-bond donors (Lipinski definition) is 0. The Bertz CT molecular complexity index is 298. The molecule has 0 bridgehead atoms. The summed E-state index contributed by atoms with van der Waals surface area (Å²) in [5.41, 5.74) is 0.693. The molecule has 1 aromatic rings. The molecule has 3 nitrogen and oxygen atoms in total. The number of nitrogens with zero attached hydrogens (tertiary/aromatic N) is 3. The molecule has 0 saturated carbocycles. The minimum Gasteiger partial charge on any atom is -0.271 e. The summed E-state index contributed by atoms with van der Waals surface area (Å²) < 4.78 is 1.80. The van der Waals surface area contributed by atoms with Crippen LogP contribution in [0.5, 0.6) is 0 Å². The van der Waals surface area contributed by atoms with Crippen molar-refractivity contribution >= 4 is 0 Å². The van der Waals surface area contributed by atoms with Crippen molar-refractivity contribution in [3.05, 3.63) is 18.0 Å². The predicted octanol–water partition coefficient (Wildman–Crippen LogP) is 1.80. The highest BCUT2D eigenvalue weighted by atomic mass is 15.3. The van der Waals surface area contributed by atoms with E-state index in [1.807, 2.05) is 12.3 Å². The van der Waals surface area contributed by atoms with Crippen LogP contribution in [0.25, 0.3) is 0 Å². The Morgan fingerprint density at radius 3 is 2.67 bits per heavy atom. The second-order valence-corrected chi connectivity index (χ2v) is 4.07. The van der Waals surface area contributed by atoms with Gasteiger partial charge in [0.05, 0.1) is 0 Å². The molecule has 0 aliphatic rings. The van der Waals surface area contributed by atoms with E-state index < -0.39 is 0 Å². The van der Waals surface area contributed by atoms with Crippen LogP contribution in [-0.4, -0.2) is 9.78 Å². The van der Waals surface area contributed by atoms with E-state index in [2.05, 4.69) is 25.9 Å². The molecule has 1 rings (SSSR count). The van der Waals surface area contributed by atoms with Crippen LogP contribution in [-0.2, 0) is 6.54 Å². The molecule has 0 spiro atoms. The largest absolute Gasteiger partial charge is 0.271 e. The summed E-state index contributed by atoms with van der Waals surface area (Å²) in [5.74, 6) is 0. The van der Waals surface area contributed by atoms with Gasteiger partial charge in [0.2, 0.25) is 0 Å². The Balaban J connectivity index is 2.72. The third kappa shape index (κ3) is 2.39. The summed E-state index contributed by atoms with van der Waals surface area (Å²) in [6.45, 7) is 7.26. The van der Waals surface area contributed by atoms with Gasteiger partial charge in [-0.1, -0.05) is 20.8 Å². The lowest BCUT2D eigenvalue weighted by atomic mass is 9.97. The van der Waals surface area contributed by atoms with Gasteiger partial charge in [-0.15, -0.1) is 0 Å². The van der Waals surface area contributed by atoms with E-state index in [1.165, 1.54) is 0 Å². The van der Waals surface area contributed by atoms with Crippen LogP contribution in [0, 0.1) is 16.7 Å². The number of nitriles is 1. The highest BCUT2D eigenvalue weighted by molar-refractivity contribution is 5.16. The Kier molecular flexibility index (Phi) is 2.18. The molecule has 0 aliphatic heterocycles. The Morgan fingerprint density at radius 1 is 1.58 bits per heavy atom. The lowest BCUT2D eigenvalue weighted by Gasteiger charge is -2.17. The molecule has 0 saturated heterocycles. The smallest absolute Gasteiger partial charge is 0.162 e. The van der Waals surface area contributed by atoms with Crippen LogP contribution < -0.4 is 0 Å². The Morgan fingerprint density at radius 2 is 2.25 bits per heavy atom. The average Bonchev–Trinajstić information content (AvgIpc) is 2.32. The van der Waals surface area contributed by atoms with Crippen molar-refractivity contribution in [1.82, 2.24) is 9.78 Å². The van der Waals surface area contributed by atoms with Crippen LogP contribution >= 0.6 is 0 Å². The fourth-order valence-electron chi connectivity index (χ4n) is 0.995. The lowest BCUT2D eigenvalue weighted by molar-refractivity contribution is 0.325. The van der Waals surface area contributed by atoms with E-state index in [0.29, 0.717) is 5.69 Å². The topological polar surface area (TPSA) is 41.6 Å². The molecule has 0 aromatic carbocycles. The molecular formula is C9H13N3. The van der Waals surface area contributed by atoms with Crippen molar-refractivity contribution in [1.29, 1.82) is 5.26 Å². The lowest BCUT2D eigenvalue weighted by Crippen LogP contribution is -2.15. The van der Waals surface area contributed by atoms with Gasteiger partial charge in [-0.2, -0.15) is 10.4 Å². The fourth-order valence-corrected chi connectivity index (χ4v) is 0.995. The molecule has 64 valence electrons. The third-order valence-electron chi connectivity index (χ3n) is 1.39. The van der Waals surface area contributed by atoms with E-state index in [0.717, 1.165) is 6.54 Å². The molecule has 0 N–H and O–H groups in total. The van der Waals surface area contributed by atoms with E-state index in [4.69, 9.17) is 5.26 Å². The first-order valence-electron chi connectivity index (χ1n) is 3.95. The first-order valence-corrected chi connectivity index (χ1v) is 3.95. The predicted molar refractivity (Wildman–Crippen MR) is 46.4 cm³/mol. The molecular weight excluding hydrogens is 150 g/mol. The SMILES string of the molecule is CC(C)(C)Cn1ccc(C#N)n1. The summed E-state index contributed by atoms with van der Waals surface area (Å²) in [4.78, 5) is 0. The van der Waals surface area contributed by atoms with Crippen molar-refractivity contribution in [3.63, 3.8) is 0 Å². The zero-order valence-electron chi connectivity index (χ0n) is 7.70. The normalized spacial score (nSPS) is 11.2. The molecule has 1 aromatic heterocycles. The van der Waals surface area contributed by atoms with Gasteiger partial charge in [-0.3, -0.25) is 4.68 Å². The summed E-state index contributed by atoms with van der Waals surface area (Å²) in [6.07, 6.45) is 1.84. The van der Waals surface area contributed by atoms with E-state index >= 15 is 0 Å². The van der Waals surface area contributed by atoms with Gasteiger partial charge in [-0.25, -0.2) is 0 Å². The number of hydrogen-bond acceptors (Lipinski definition) is 2. The van der Waals surface area contributed by atoms with Crippen molar-refractivity contribution in [2.75, 3.05) is 0 Å². The maximum Gasteiger partial charge on any atom is 0.162 e. The van der Waals surface area contributed by atoms with Crippen LogP contribution in [0.2, 0.25) is 0 Å². The van der Waals surface area contributed by atoms with Gasteiger partial charge in [0, 0.05) is 12.7 Å². The first kappa shape index (κ1) is 8.79. The first-order chi connectivity index (χ1) is 5.51. The summed E-state index contributed by atoms with van der Waals surface area (Å²) in [5, 5.41) is 12.6. The van der Waals surface area contributed by atoms with E-state index in [1.54, 1.807) is 10.7 Å². The molecule has 0 unspecified atom stereocenters. The molecule has 0 radical (unpaired) electrons. The molecule has 0 atom stereocenters. The quantitative estimate of drug-likeness (QED) is 0.633. The van der Waals surface area contributed by atoms with Crippen LogP contribution in [0.4, 0.5) is 0 Å². The zero-order valence-corrected chi connectivity index (χ0v) is 7.70. The summed E-state index contributed by atoms with van der Waals surface area (Å²) in [6, 6.07) is 3.73. The van der Waals surface area contributed by atoms with Crippen LogP contribution in [0.1, 0.15) is 26.5 Å². The second kappa shape index (κ2) is 2.98. The number of aromatic nitrogens is 2. The van der Waals surface area contributed by atoms with Crippen molar-refractivity contribution in [2.24, 2.45) is 5.41 Å².